The zero-order valence-electron chi connectivity index (χ0n) is 11.6. The van der Waals surface area contributed by atoms with Gasteiger partial charge < -0.3 is 25.5 Å². The highest BCUT2D eigenvalue weighted by molar-refractivity contribution is 6.49. The molecule has 0 aromatic heterocycles. The summed E-state index contributed by atoms with van der Waals surface area (Å²) in [4.78, 5) is 41.1. The van der Waals surface area contributed by atoms with Crippen LogP contribution in [0.3, 0.4) is 0 Å². The number of fused-ring (bicyclic) bond motifs is 3. The molecule has 1 aromatic carbocycles. The van der Waals surface area contributed by atoms with Crippen LogP contribution < -0.4 is 10.6 Å². The summed E-state index contributed by atoms with van der Waals surface area (Å²) in [6.07, 6.45) is 1.81. The summed E-state index contributed by atoms with van der Waals surface area (Å²) in [7, 11) is 0. The lowest BCUT2D eigenvalue weighted by Gasteiger charge is -2.16. The van der Waals surface area contributed by atoms with Crippen LogP contribution in [-0.4, -0.2) is 55.2 Å². The van der Waals surface area contributed by atoms with E-state index in [9.17, 15) is 29.7 Å². The molecule has 1 atom stereocenters. The number of carbonyl (C=O) groups is 3. The molecular weight excluding hydrogens is 324 g/mol. The third-order valence-electron chi connectivity index (χ3n) is 3.51. The number of carboxylic acid groups (broad SMARTS) is 3. The Morgan fingerprint density at radius 1 is 1.00 bits per heavy atom. The molecule has 10 heteroatoms. The van der Waals surface area contributed by atoms with Crippen LogP contribution in [0.25, 0.3) is 11.6 Å². The molecule has 0 fully saturated rings. The van der Waals surface area contributed by atoms with Gasteiger partial charge in [0.2, 0.25) is 0 Å². The van der Waals surface area contributed by atoms with Gasteiger partial charge in [0.15, 0.2) is 17.5 Å². The normalized spacial score (nSPS) is 17.6. The topological polar surface area (TPSA) is 177 Å². The van der Waals surface area contributed by atoms with E-state index < -0.39 is 52.1 Å². The summed E-state index contributed by atoms with van der Waals surface area (Å²) < 4.78 is 0. The average molecular weight is 332 g/mol. The average Bonchev–Trinajstić information content (AvgIpc) is 2.96. The lowest BCUT2D eigenvalue weighted by atomic mass is 9.96. The smallest absolute Gasteiger partial charge is 0.354 e. The molecule has 10 nitrogen and oxygen atoms in total. The minimum Gasteiger partial charge on any atom is -0.504 e. The van der Waals surface area contributed by atoms with Gasteiger partial charge >= 0.3 is 17.9 Å². The van der Waals surface area contributed by atoms with E-state index in [2.05, 4.69) is 9.98 Å². The summed E-state index contributed by atoms with van der Waals surface area (Å²) in [5.41, 5.74) is -1.45. The van der Waals surface area contributed by atoms with Crippen molar-refractivity contribution < 1.29 is 39.9 Å². The van der Waals surface area contributed by atoms with Crippen molar-refractivity contribution in [3.63, 3.8) is 0 Å². The van der Waals surface area contributed by atoms with Crippen LogP contribution in [0.1, 0.15) is 5.56 Å². The Labute approximate surface area is 131 Å². The molecule has 0 radical (unpaired) electrons. The Kier molecular flexibility index (Phi) is 3.11. The number of phenolic OH excluding ortho intramolecular Hbond substituents is 2. The van der Waals surface area contributed by atoms with E-state index in [4.69, 9.17) is 10.2 Å². The quantitative estimate of drug-likeness (QED) is 0.420. The largest absolute Gasteiger partial charge is 0.504 e. The SMILES string of the molecule is O=C(O)C1=CC(C(=O)O)N=c2c(O)c(O)c3c(c21)N=C(C(=O)O)C=3. The molecule has 2 aliphatic heterocycles. The first-order valence-electron chi connectivity index (χ1n) is 6.40. The van der Waals surface area contributed by atoms with E-state index in [1.807, 2.05) is 0 Å². The molecule has 1 aromatic rings. The van der Waals surface area contributed by atoms with Crippen molar-refractivity contribution in [1.29, 1.82) is 0 Å². The van der Waals surface area contributed by atoms with Gasteiger partial charge in [-0.25, -0.2) is 19.4 Å². The Morgan fingerprint density at radius 3 is 2.21 bits per heavy atom. The molecule has 2 heterocycles. The second kappa shape index (κ2) is 4.91. The molecule has 0 saturated heterocycles. The second-order valence-corrected chi connectivity index (χ2v) is 4.93. The molecular formula is C14H8N2O8. The highest BCUT2D eigenvalue weighted by atomic mass is 16.4. The Morgan fingerprint density at radius 2 is 1.67 bits per heavy atom. The Bertz CT molecular complexity index is 1020. The second-order valence-electron chi connectivity index (χ2n) is 4.93. The van der Waals surface area contributed by atoms with Gasteiger partial charge in [0.25, 0.3) is 0 Å². The van der Waals surface area contributed by atoms with E-state index in [-0.39, 0.29) is 16.5 Å². The van der Waals surface area contributed by atoms with E-state index in [1.165, 1.54) is 0 Å². The van der Waals surface area contributed by atoms with Crippen LogP contribution in [0, 0.1) is 0 Å². The summed E-state index contributed by atoms with van der Waals surface area (Å²) in [6, 6.07) is -1.58. The lowest BCUT2D eigenvalue weighted by molar-refractivity contribution is -0.137. The van der Waals surface area contributed by atoms with E-state index >= 15 is 0 Å². The van der Waals surface area contributed by atoms with Crippen molar-refractivity contribution in [3.05, 3.63) is 22.2 Å². The van der Waals surface area contributed by atoms with Gasteiger partial charge in [-0.1, -0.05) is 0 Å². The first kappa shape index (κ1) is 15.2. The molecule has 1 unspecified atom stereocenters. The summed E-state index contributed by atoms with van der Waals surface area (Å²) >= 11 is 0. The number of aliphatic carboxylic acids is 3. The van der Waals surface area contributed by atoms with Crippen molar-refractivity contribution in [3.8, 4) is 11.5 Å². The van der Waals surface area contributed by atoms with Gasteiger partial charge in [0.1, 0.15) is 11.1 Å². The fourth-order valence-corrected chi connectivity index (χ4v) is 2.47. The van der Waals surface area contributed by atoms with Crippen LogP contribution in [0.2, 0.25) is 0 Å². The Hall–Kier alpha value is -3.69. The number of aromatic hydroxyl groups is 2. The molecule has 0 bridgehead atoms. The number of benzene rings is 1. The minimum absolute atomic E-state index is 0.181. The third kappa shape index (κ3) is 2.00. The molecule has 2 aliphatic rings. The highest BCUT2D eigenvalue weighted by Gasteiger charge is 2.32. The molecule has 3 rings (SSSR count). The van der Waals surface area contributed by atoms with E-state index in [1.54, 1.807) is 0 Å². The first-order valence-corrected chi connectivity index (χ1v) is 6.40. The molecule has 5 N–H and O–H groups in total. The van der Waals surface area contributed by atoms with Gasteiger partial charge in [0.05, 0.1) is 11.3 Å². The van der Waals surface area contributed by atoms with Crippen molar-refractivity contribution in [2.24, 2.45) is 9.98 Å². The maximum Gasteiger partial charge on any atom is 0.354 e. The van der Waals surface area contributed by atoms with Crippen molar-refractivity contribution in [1.82, 2.24) is 0 Å². The molecule has 0 aliphatic carbocycles. The lowest BCUT2D eigenvalue weighted by Crippen LogP contribution is -2.29. The summed E-state index contributed by atoms with van der Waals surface area (Å²) in [6.45, 7) is 0. The van der Waals surface area contributed by atoms with Gasteiger partial charge in [-0.3, -0.25) is 4.99 Å². The monoisotopic (exact) mass is 332 g/mol. The third-order valence-corrected chi connectivity index (χ3v) is 3.51. The number of hydrogen-bond donors (Lipinski definition) is 5. The number of phenols is 2. The van der Waals surface area contributed by atoms with Gasteiger partial charge in [-0.2, -0.15) is 0 Å². The van der Waals surface area contributed by atoms with Crippen molar-refractivity contribution >= 4 is 41.0 Å². The number of hydrogen-bond acceptors (Lipinski definition) is 7. The minimum atomic E-state index is -1.58. The molecule has 0 spiro atoms. The summed E-state index contributed by atoms with van der Waals surface area (Å²) in [5.74, 6) is -6.00. The maximum absolute atomic E-state index is 11.5. The zero-order valence-corrected chi connectivity index (χ0v) is 11.6. The van der Waals surface area contributed by atoms with Crippen molar-refractivity contribution in [2.45, 2.75) is 6.04 Å². The predicted octanol–water partition coefficient (Wildman–Crippen LogP) is -1.40. The van der Waals surface area contributed by atoms with Gasteiger partial charge in [0, 0.05) is 10.8 Å². The zero-order chi connectivity index (χ0) is 17.8. The van der Waals surface area contributed by atoms with Crippen LogP contribution >= 0.6 is 0 Å². The molecule has 122 valence electrons. The van der Waals surface area contributed by atoms with Crippen LogP contribution in [0.5, 0.6) is 11.5 Å². The van der Waals surface area contributed by atoms with Crippen LogP contribution in [-0.2, 0) is 14.4 Å². The van der Waals surface area contributed by atoms with Gasteiger partial charge in [-0.05, 0) is 12.2 Å². The molecule has 24 heavy (non-hydrogen) atoms. The van der Waals surface area contributed by atoms with Crippen LogP contribution in [0.4, 0.5) is 5.69 Å². The molecule has 0 saturated carbocycles. The first-order chi connectivity index (χ1) is 11.2. The summed E-state index contributed by atoms with van der Waals surface area (Å²) in [5, 5.41) is 46.8. The number of nitrogens with zero attached hydrogens (tertiary/aromatic N) is 2. The molecule has 0 amide bonds. The predicted molar refractivity (Wildman–Crippen MR) is 76.8 cm³/mol. The maximum atomic E-state index is 11.5. The van der Waals surface area contributed by atoms with Crippen molar-refractivity contribution in [2.75, 3.05) is 0 Å². The van der Waals surface area contributed by atoms with E-state index in [0.29, 0.717) is 0 Å². The fraction of sp³-hybridized carbons (Fsp3) is 0.0714. The van der Waals surface area contributed by atoms with Crippen LogP contribution in [0.15, 0.2) is 16.1 Å². The Balaban J connectivity index is 2.47. The number of carboxylic acids is 3. The number of aliphatic imine (C=N–C) groups is 1. The van der Waals surface area contributed by atoms with E-state index in [0.717, 1.165) is 12.2 Å². The standard InChI is InChI=1S/C14H8N2O8/c17-10-4-2-6(14(23)24)15-8(4)7-3(12(19)20)1-5(13(21)22)16-9(7)11(10)18/h1-2,5,17-18H,(H,19,20)(H,21,22)(H,23,24). The highest BCUT2D eigenvalue weighted by Crippen LogP contribution is 2.32. The number of rotatable bonds is 3. The van der Waals surface area contributed by atoms with Gasteiger partial charge in [-0.15, -0.1) is 0 Å². The fourth-order valence-electron chi connectivity index (χ4n) is 2.47.